The molecule has 132 valence electrons. The van der Waals surface area contributed by atoms with Crippen LogP contribution in [-0.4, -0.2) is 29.1 Å². The predicted octanol–water partition coefficient (Wildman–Crippen LogP) is 2.56. The SMILES string of the molecule is C[C@]12CC(CO)C(=O)CC1CC(=O)[C@@H]1[C@@H]2CC[C@]2(C)C(=O)CC[C@@H]12. The number of carbonyl (C=O) groups is 3. The molecule has 0 saturated heterocycles. The van der Waals surface area contributed by atoms with Crippen LogP contribution in [0.2, 0.25) is 0 Å². The molecule has 4 aliphatic carbocycles. The van der Waals surface area contributed by atoms with Crippen LogP contribution in [0.15, 0.2) is 0 Å². The minimum atomic E-state index is -0.305. The average molecular weight is 332 g/mol. The molecule has 0 aromatic carbocycles. The van der Waals surface area contributed by atoms with E-state index in [9.17, 15) is 19.5 Å². The highest BCUT2D eigenvalue weighted by molar-refractivity contribution is 5.91. The summed E-state index contributed by atoms with van der Waals surface area (Å²) in [6.07, 6.45) is 4.90. The summed E-state index contributed by atoms with van der Waals surface area (Å²) in [7, 11) is 0. The number of fused-ring (bicyclic) bond motifs is 5. The zero-order valence-electron chi connectivity index (χ0n) is 14.7. The number of ketones is 3. The summed E-state index contributed by atoms with van der Waals surface area (Å²) in [5.74, 6) is 1.09. The van der Waals surface area contributed by atoms with Crippen LogP contribution in [0.1, 0.15) is 58.8 Å². The number of aliphatic hydroxyl groups is 1. The normalized spacial score (nSPS) is 51.1. The number of aliphatic hydroxyl groups excluding tert-OH is 1. The topological polar surface area (TPSA) is 71.4 Å². The Morgan fingerprint density at radius 2 is 1.75 bits per heavy atom. The van der Waals surface area contributed by atoms with Gasteiger partial charge in [0.25, 0.3) is 0 Å². The zero-order valence-corrected chi connectivity index (χ0v) is 14.7. The molecule has 0 aromatic heterocycles. The smallest absolute Gasteiger partial charge is 0.139 e. The van der Waals surface area contributed by atoms with Gasteiger partial charge in [-0.2, -0.15) is 0 Å². The highest BCUT2D eigenvalue weighted by Crippen LogP contribution is 2.64. The van der Waals surface area contributed by atoms with Gasteiger partial charge in [0.05, 0.1) is 6.61 Å². The molecule has 4 rings (SSSR count). The van der Waals surface area contributed by atoms with Crippen molar-refractivity contribution in [3.8, 4) is 0 Å². The molecule has 0 bridgehead atoms. The first kappa shape index (κ1) is 16.4. The summed E-state index contributed by atoms with van der Waals surface area (Å²) >= 11 is 0. The van der Waals surface area contributed by atoms with Crippen molar-refractivity contribution >= 4 is 17.3 Å². The van der Waals surface area contributed by atoms with Gasteiger partial charge < -0.3 is 5.11 Å². The third-order valence-corrected chi connectivity index (χ3v) is 8.39. The first-order valence-electron chi connectivity index (χ1n) is 9.51. The number of hydrogen-bond acceptors (Lipinski definition) is 4. The highest BCUT2D eigenvalue weighted by Gasteiger charge is 2.63. The molecule has 4 fully saturated rings. The highest BCUT2D eigenvalue weighted by atomic mass is 16.3. The molecule has 1 N–H and O–H groups in total. The van der Waals surface area contributed by atoms with Crippen LogP contribution in [0.25, 0.3) is 0 Å². The number of hydrogen-bond donors (Lipinski definition) is 1. The van der Waals surface area contributed by atoms with Crippen LogP contribution in [0.3, 0.4) is 0 Å². The summed E-state index contributed by atoms with van der Waals surface area (Å²) < 4.78 is 0. The lowest BCUT2D eigenvalue weighted by Gasteiger charge is -2.59. The molecular formula is C20H28O4. The molecule has 0 aliphatic heterocycles. The van der Waals surface area contributed by atoms with Crippen molar-refractivity contribution in [2.45, 2.75) is 58.8 Å². The number of carbonyl (C=O) groups excluding carboxylic acids is 3. The van der Waals surface area contributed by atoms with E-state index < -0.39 is 0 Å². The van der Waals surface area contributed by atoms with Gasteiger partial charge in [0, 0.05) is 36.5 Å². The van der Waals surface area contributed by atoms with Crippen LogP contribution in [0, 0.1) is 40.4 Å². The Balaban J connectivity index is 1.71. The van der Waals surface area contributed by atoms with Crippen molar-refractivity contribution in [3.05, 3.63) is 0 Å². The largest absolute Gasteiger partial charge is 0.396 e. The Labute approximate surface area is 143 Å². The standard InChI is InChI=1S/C20H28O4/c1-19-6-5-14-18(13(19)3-4-17(19)24)16(23)8-12-7-15(22)11(10-21)9-20(12,14)2/h11-14,18,21H,3-10H2,1-2H3/t11?,12?,13-,14-,18-,19-,20-/m0/s1. The van der Waals surface area contributed by atoms with Crippen molar-refractivity contribution in [2.75, 3.05) is 6.61 Å². The molecule has 4 heteroatoms. The second-order valence-electron chi connectivity index (χ2n) is 9.28. The van der Waals surface area contributed by atoms with Gasteiger partial charge in [-0.05, 0) is 48.9 Å². The minimum Gasteiger partial charge on any atom is -0.396 e. The molecule has 7 atom stereocenters. The van der Waals surface area contributed by atoms with Gasteiger partial charge >= 0.3 is 0 Å². The van der Waals surface area contributed by atoms with E-state index in [1.165, 1.54) is 0 Å². The summed E-state index contributed by atoms with van der Waals surface area (Å²) in [6, 6.07) is 0. The van der Waals surface area contributed by atoms with Gasteiger partial charge in [-0.3, -0.25) is 14.4 Å². The van der Waals surface area contributed by atoms with Crippen LogP contribution in [0.4, 0.5) is 0 Å². The van der Waals surface area contributed by atoms with Gasteiger partial charge in [-0.15, -0.1) is 0 Å². The van der Waals surface area contributed by atoms with Crippen molar-refractivity contribution in [1.29, 1.82) is 0 Å². The molecule has 4 nitrogen and oxygen atoms in total. The Morgan fingerprint density at radius 1 is 1.04 bits per heavy atom. The van der Waals surface area contributed by atoms with Crippen LogP contribution in [-0.2, 0) is 14.4 Å². The average Bonchev–Trinajstić information content (AvgIpc) is 2.84. The molecular weight excluding hydrogens is 304 g/mol. The van der Waals surface area contributed by atoms with Crippen molar-refractivity contribution in [1.82, 2.24) is 0 Å². The van der Waals surface area contributed by atoms with Gasteiger partial charge in [-0.25, -0.2) is 0 Å². The molecule has 4 saturated carbocycles. The predicted molar refractivity (Wildman–Crippen MR) is 88.1 cm³/mol. The molecule has 0 amide bonds. The fourth-order valence-corrected chi connectivity index (χ4v) is 6.86. The lowest BCUT2D eigenvalue weighted by molar-refractivity contribution is -0.162. The second kappa shape index (κ2) is 5.23. The summed E-state index contributed by atoms with van der Waals surface area (Å²) in [6.45, 7) is 4.24. The van der Waals surface area contributed by atoms with Crippen LogP contribution >= 0.6 is 0 Å². The first-order valence-corrected chi connectivity index (χ1v) is 9.51. The quantitative estimate of drug-likeness (QED) is 0.801. The maximum absolute atomic E-state index is 13.0. The van der Waals surface area contributed by atoms with Crippen molar-refractivity contribution < 1.29 is 19.5 Å². The number of Topliss-reactive ketones (excluding diaryl/α,β-unsaturated/α-hetero) is 3. The monoisotopic (exact) mass is 332 g/mol. The van der Waals surface area contributed by atoms with Crippen LogP contribution in [0.5, 0.6) is 0 Å². The summed E-state index contributed by atoms with van der Waals surface area (Å²) in [4.78, 5) is 37.7. The maximum atomic E-state index is 13.0. The van der Waals surface area contributed by atoms with Crippen molar-refractivity contribution in [3.63, 3.8) is 0 Å². The minimum absolute atomic E-state index is 0.0102. The zero-order chi connectivity index (χ0) is 17.3. The molecule has 0 heterocycles. The fourth-order valence-electron chi connectivity index (χ4n) is 6.86. The van der Waals surface area contributed by atoms with Gasteiger partial charge in [0.1, 0.15) is 17.3 Å². The summed E-state index contributed by atoms with van der Waals surface area (Å²) in [5.41, 5.74) is -0.353. The molecule has 24 heavy (non-hydrogen) atoms. The van der Waals surface area contributed by atoms with Gasteiger partial charge in [0.2, 0.25) is 0 Å². The molecule has 4 aliphatic rings. The third-order valence-electron chi connectivity index (χ3n) is 8.39. The Kier molecular flexibility index (Phi) is 3.58. The second-order valence-corrected chi connectivity index (χ2v) is 9.28. The summed E-state index contributed by atoms with van der Waals surface area (Å²) in [5, 5.41) is 9.61. The van der Waals surface area contributed by atoms with Crippen LogP contribution < -0.4 is 0 Å². The van der Waals surface area contributed by atoms with E-state index >= 15 is 0 Å². The molecule has 2 unspecified atom stereocenters. The first-order chi connectivity index (χ1) is 11.3. The van der Waals surface area contributed by atoms with E-state index in [4.69, 9.17) is 0 Å². The lowest BCUT2D eigenvalue weighted by Crippen LogP contribution is -2.58. The van der Waals surface area contributed by atoms with E-state index in [1.807, 2.05) is 0 Å². The third kappa shape index (κ3) is 1.98. The molecule has 0 spiro atoms. The van der Waals surface area contributed by atoms with E-state index in [0.29, 0.717) is 37.2 Å². The van der Waals surface area contributed by atoms with E-state index in [-0.39, 0.29) is 52.8 Å². The van der Waals surface area contributed by atoms with Gasteiger partial charge in [-0.1, -0.05) is 13.8 Å². The number of rotatable bonds is 1. The Bertz CT molecular complexity index is 611. The molecule has 0 aromatic rings. The lowest BCUT2D eigenvalue weighted by atomic mass is 9.44. The van der Waals surface area contributed by atoms with Gasteiger partial charge in [0.15, 0.2) is 0 Å². The van der Waals surface area contributed by atoms with Crippen molar-refractivity contribution in [2.24, 2.45) is 40.4 Å². The Hall–Kier alpha value is -1.03. The van der Waals surface area contributed by atoms with E-state index in [2.05, 4.69) is 13.8 Å². The molecule has 0 radical (unpaired) electrons. The Morgan fingerprint density at radius 3 is 2.46 bits per heavy atom. The maximum Gasteiger partial charge on any atom is 0.139 e. The van der Waals surface area contributed by atoms with E-state index in [0.717, 1.165) is 19.3 Å². The van der Waals surface area contributed by atoms with E-state index in [1.54, 1.807) is 0 Å². The fraction of sp³-hybridized carbons (Fsp3) is 0.850.